The van der Waals surface area contributed by atoms with Crippen LogP contribution in [-0.4, -0.2) is 11.0 Å². The van der Waals surface area contributed by atoms with E-state index in [1.807, 2.05) is 61.5 Å². The molecule has 0 heterocycles. The molecule has 120 valence electrons. The summed E-state index contributed by atoms with van der Waals surface area (Å²) in [5.41, 5.74) is 2.50. The first-order valence-electron chi connectivity index (χ1n) is 7.41. The zero-order valence-electron chi connectivity index (χ0n) is 13.0. The summed E-state index contributed by atoms with van der Waals surface area (Å²) < 4.78 is 0.997. The minimum Gasteiger partial charge on any atom is -0.332 e. The number of halogens is 1. The topological polar surface area (TPSA) is 41.1 Å². The van der Waals surface area contributed by atoms with Gasteiger partial charge in [0.15, 0.2) is 5.11 Å². The molecule has 0 saturated heterocycles. The van der Waals surface area contributed by atoms with Gasteiger partial charge in [0.2, 0.25) is 0 Å². The van der Waals surface area contributed by atoms with Crippen molar-refractivity contribution in [2.24, 2.45) is 0 Å². The Hall–Kier alpha value is -2.24. The highest BCUT2D eigenvalue weighted by Crippen LogP contribution is 2.20. The molecule has 0 aliphatic rings. The van der Waals surface area contributed by atoms with Gasteiger partial charge in [-0.15, -0.1) is 0 Å². The lowest BCUT2D eigenvalue weighted by molar-refractivity contribution is 0.0979. The van der Waals surface area contributed by atoms with Crippen LogP contribution >= 0.6 is 28.1 Å². The molecule has 0 aliphatic carbocycles. The second-order valence-corrected chi connectivity index (χ2v) is 6.72. The van der Waals surface area contributed by atoms with E-state index in [1.54, 1.807) is 6.07 Å². The van der Waals surface area contributed by atoms with Crippen molar-refractivity contribution in [3.05, 3.63) is 76.3 Å². The number of amides is 1. The van der Waals surface area contributed by atoms with E-state index in [0.29, 0.717) is 5.56 Å². The highest BCUT2D eigenvalue weighted by atomic mass is 79.9. The molecule has 3 nitrogen and oxygen atoms in total. The van der Waals surface area contributed by atoms with Crippen LogP contribution in [0.15, 0.2) is 65.1 Å². The Morgan fingerprint density at radius 1 is 1.04 bits per heavy atom. The van der Waals surface area contributed by atoms with E-state index in [0.717, 1.165) is 26.5 Å². The summed E-state index contributed by atoms with van der Waals surface area (Å²) >= 11 is 8.70. The molecule has 0 spiro atoms. The molecule has 3 aromatic carbocycles. The molecule has 0 unspecified atom stereocenters. The third kappa shape index (κ3) is 3.63. The first kappa shape index (κ1) is 16.6. The zero-order chi connectivity index (χ0) is 17.1. The number of carbonyl (C=O) groups is 1. The van der Waals surface area contributed by atoms with Gasteiger partial charge >= 0.3 is 0 Å². The molecule has 24 heavy (non-hydrogen) atoms. The van der Waals surface area contributed by atoms with Gasteiger partial charge in [-0.2, -0.15) is 0 Å². The van der Waals surface area contributed by atoms with E-state index in [-0.39, 0.29) is 11.0 Å². The standard InChI is InChI=1S/C19H15BrN2OS/c1-12-11-14(20)9-10-17(12)21-19(24)22-18(23)16-8-4-6-13-5-2-3-7-15(13)16/h2-11H,1H3,(H2,21,22,23,24). The normalized spacial score (nSPS) is 10.4. The monoisotopic (exact) mass is 398 g/mol. The van der Waals surface area contributed by atoms with Gasteiger partial charge in [0.05, 0.1) is 0 Å². The van der Waals surface area contributed by atoms with E-state index < -0.39 is 0 Å². The lowest BCUT2D eigenvalue weighted by Crippen LogP contribution is -2.34. The van der Waals surface area contributed by atoms with Gasteiger partial charge in [-0.3, -0.25) is 10.1 Å². The average Bonchev–Trinajstić information content (AvgIpc) is 2.57. The number of carbonyl (C=O) groups excluding carboxylic acids is 1. The number of rotatable bonds is 2. The largest absolute Gasteiger partial charge is 0.332 e. The van der Waals surface area contributed by atoms with Crippen molar-refractivity contribution in [2.75, 3.05) is 5.32 Å². The molecule has 2 N–H and O–H groups in total. The summed E-state index contributed by atoms with van der Waals surface area (Å²) in [6, 6.07) is 19.2. The quantitative estimate of drug-likeness (QED) is 0.594. The Kier molecular flexibility index (Phi) is 4.92. The van der Waals surface area contributed by atoms with Crippen LogP contribution in [0.2, 0.25) is 0 Å². The lowest BCUT2D eigenvalue weighted by atomic mass is 10.0. The van der Waals surface area contributed by atoms with Gasteiger partial charge in [0.25, 0.3) is 5.91 Å². The summed E-state index contributed by atoms with van der Waals surface area (Å²) in [6.07, 6.45) is 0. The molecule has 0 fully saturated rings. The molecule has 0 bridgehead atoms. The number of fused-ring (bicyclic) bond motifs is 1. The van der Waals surface area contributed by atoms with Gasteiger partial charge in [0, 0.05) is 15.7 Å². The molecule has 1 amide bonds. The van der Waals surface area contributed by atoms with Crippen molar-refractivity contribution >= 4 is 55.6 Å². The third-order valence-electron chi connectivity index (χ3n) is 3.70. The van der Waals surface area contributed by atoms with E-state index in [1.165, 1.54) is 0 Å². The van der Waals surface area contributed by atoms with Crippen LogP contribution in [0.4, 0.5) is 5.69 Å². The highest BCUT2D eigenvalue weighted by molar-refractivity contribution is 9.10. The molecule has 5 heteroatoms. The number of hydrogen-bond acceptors (Lipinski definition) is 2. The van der Waals surface area contributed by atoms with Crippen LogP contribution in [-0.2, 0) is 0 Å². The van der Waals surface area contributed by atoms with Crippen LogP contribution in [0.5, 0.6) is 0 Å². The van der Waals surface area contributed by atoms with Crippen molar-refractivity contribution in [1.29, 1.82) is 0 Å². The third-order valence-corrected chi connectivity index (χ3v) is 4.40. The van der Waals surface area contributed by atoms with Gasteiger partial charge in [-0.05, 0) is 59.7 Å². The summed E-state index contributed by atoms with van der Waals surface area (Å²) in [5.74, 6) is -0.223. The molecule has 0 saturated carbocycles. The fraction of sp³-hybridized carbons (Fsp3) is 0.0526. The Morgan fingerprint density at radius 2 is 1.79 bits per heavy atom. The van der Waals surface area contributed by atoms with Crippen LogP contribution in [0.3, 0.4) is 0 Å². The first-order chi connectivity index (χ1) is 11.5. The van der Waals surface area contributed by atoms with Gasteiger partial charge in [-0.25, -0.2) is 0 Å². The van der Waals surface area contributed by atoms with Crippen LogP contribution in [0.1, 0.15) is 15.9 Å². The molecule has 3 aromatic rings. The van der Waals surface area contributed by atoms with Gasteiger partial charge in [0.1, 0.15) is 0 Å². The number of nitrogens with one attached hydrogen (secondary N) is 2. The zero-order valence-corrected chi connectivity index (χ0v) is 15.4. The van der Waals surface area contributed by atoms with Crippen molar-refractivity contribution in [1.82, 2.24) is 5.32 Å². The molecule has 0 aromatic heterocycles. The minimum absolute atomic E-state index is 0.223. The van der Waals surface area contributed by atoms with Crippen LogP contribution in [0.25, 0.3) is 10.8 Å². The predicted molar refractivity (Wildman–Crippen MR) is 107 cm³/mol. The maximum Gasteiger partial charge on any atom is 0.258 e. The lowest BCUT2D eigenvalue weighted by Gasteiger charge is -2.13. The molecule has 0 radical (unpaired) electrons. The van der Waals surface area contributed by atoms with Crippen molar-refractivity contribution in [2.45, 2.75) is 6.92 Å². The van der Waals surface area contributed by atoms with Crippen molar-refractivity contribution in [3.8, 4) is 0 Å². The predicted octanol–water partition coefficient (Wildman–Crippen LogP) is 5.04. The number of benzene rings is 3. The van der Waals surface area contributed by atoms with E-state index >= 15 is 0 Å². The Bertz CT molecular complexity index is 934. The fourth-order valence-corrected chi connectivity index (χ4v) is 3.19. The first-order valence-corrected chi connectivity index (χ1v) is 8.61. The molecule has 0 aliphatic heterocycles. The number of hydrogen-bond donors (Lipinski definition) is 2. The number of anilines is 1. The van der Waals surface area contributed by atoms with Crippen LogP contribution in [0, 0.1) is 6.92 Å². The summed E-state index contributed by atoms with van der Waals surface area (Å²) in [7, 11) is 0. The molecular formula is C19H15BrN2OS. The maximum absolute atomic E-state index is 12.6. The van der Waals surface area contributed by atoms with Crippen LogP contribution < -0.4 is 10.6 Å². The molecular weight excluding hydrogens is 384 g/mol. The smallest absolute Gasteiger partial charge is 0.258 e. The van der Waals surface area contributed by atoms with Crippen molar-refractivity contribution < 1.29 is 4.79 Å². The number of thiocarbonyl (C=S) groups is 1. The Labute approximate surface area is 154 Å². The van der Waals surface area contributed by atoms with Crippen molar-refractivity contribution in [3.63, 3.8) is 0 Å². The molecule has 3 rings (SSSR count). The average molecular weight is 399 g/mol. The Balaban J connectivity index is 1.77. The van der Waals surface area contributed by atoms with E-state index in [4.69, 9.17) is 12.2 Å². The maximum atomic E-state index is 12.6. The number of aryl methyl sites for hydroxylation is 1. The van der Waals surface area contributed by atoms with E-state index in [2.05, 4.69) is 26.6 Å². The Morgan fingerprint density at radius 3 is 2.58 bits per heavy atom. The summed E-state index contributed by atoms with van der Waals surface area (Å²) in [5, 5.41) is 8.01. The SMILES string of the molecule is Cc1cc(Br)ccc1NC(=S)NC(=O)c1cccc2ccccc12. The van der Waals surface area contributed by atoms with Gasteiger partial charge in [-0.1, -0.05) is 52.3 Å². The van der Waals surface area contributed by atoms with Gasteiger partial charge < -0.3 is 5.32 Å². The second-order valence-electron chi connectivity index (χ2n) is 5.39. The summed E-state index contributed by atoms with van der Waals surface area (Å²) in [6.45, 7) is 1.97. The summed E-state index contributed by atoms with van der Waals surface area (Å²) in [4.78, 5) is 12.6. The highest BCUT2D eigenvalue weighted by Gasteiger charge is 2.11. The second kappa shape index (κ2) is 7.11. The fourth-order valence-electron chi connectivity index (χ4n) is 2.51. The minimum atomic E-state index is -0.223. The van der Waals surface area contributed by atoms with E-state index in [9.17, 15) is 4.79 Å². The molecule has 0 atom stereocenters.